The zero-order valence-corrected chi connectivity index (χ0v) is 12.4. The van der Waals surface area contributed by atoms with Gasteiger partial charge in [0.2, 0.25) is 15.0 Å². The molecule has 0 aliphatic rings. The van der Waals surface area contributed by atoms with Gasteiger partial charge in [0.15, 0.2) is 5.82 Å². The molecule has 7 heteroatoms. The standard InChI is InChI=1S/C13H17N3O3S/c1-9(2)8-20(17,18)13-14-12(15-16-13)10-4-6-11(19-3)7-5-10/h4-7,9H,8H2,1-3H3,(H,14,15,16). The van der Waals surface area contributed by atoms with Gasteiger partial charge in [0.05, 0.1) is 12.9 Å². The molecule has 1 heterocycles. The molecule has 0 radical (unpaired) electrons. The van der Waals surface area contributed by atoms with Gasteiger partial charge in [-0.15, -0.1) is 0 Å². The van der Waals surface area contributed by atoms with Crippen LogP contribution in [-0.4, -0.2) is 36.5 Å². The number of hydrogen-bond acceptors (Lipinski definition) is 5. The van der Waals surface area contributed by atoms with Gasteiger partial charge in [-0.3, -0.25) is 0 Å². The van der Waals surface area contributed by atoms with Crippen LogP contribution in [0.5, 0.6) is 5.75 Å². The molecule has 6 nitrogen and oxygen atoms in total. The van der Waals surface area contributed by atoms with Gasteiger partial charge in [-0.25, -0.2) is 13.5 Å². The number of nitrogens with zero attached hydrogens (tertiary/aromatic N) is 2. The Morgan fingerprint density at radius 1 is 1.25 bits per heavy atom. The SMILES string of the molecule is COc1ccc(-c2n[nH]c(S(=O)(=O)CC(C)C)n2)cc1. The van der Waals surface area contributed by atoms with Crippen LogP contribution in [-0.2, 0) is 9.84 Å². The fraction of sp³-hybridized carbons (Fsp3) is 0.385. The lowest BCUT2D eigenvalue weighted by Gasteiger charge is -2.02. The summed E-state index contributed by atoms with van der Waals surface area (Å²) in [5, 5.41) is 6.37. The van der Waals surface area contributed by atoms with Crippen molar-refractivity contribution in [2.24, 2.45) is 5.92 Å². The molecule has 0 bridgehead atoms. The van der Waals surface area contributed by atoms with Crippen molar-refractivity contribution in [3.8, 4) is 17.1 Å². The van der Waals surface area contributed by atoms with Gasteiger partial charge in [-0.05, 0) is 30.2 Å². The fourth-order valence-corrected chi connectivity index (χ4v) is 3.22. The molecule has 0 spiro atoms. The molecular weight excluding hydrogens is 278 g/mol. The predicted molar refractivity (Wildman–Crippen MR) is 75.3 cm³/mol. The highest BCUT2D eigenvalue weighted by atomic mass is 32.2. The summed E-state index contributed by atoms with van der Waals surface area (Å²) in [5.41, 5.74) is 0.730. The van der Waals surface area contributed by atoms with Crippen molar-refractivity contribution < 1.29 is 13.2 Å². The Morgan fingerprint density at radius 2 is 1.90 bits per heavy atom. The minimum atomic E-state index is -3.41. The number of methoxy groups -OCH3 is 1. The van der Waals surface area contributed by atoms with Gasteiger partial charge in [0.1, 0.15) is 5.75 Å². The molecule has 20 heavy (non-hydrogen) atoms. The van der Waals surface area contributed by atoms with Gasteiger partial charge in [-0.2, -0.15) is 10.1 Å². The maximum Gasteiger partial charge on any atom is 0.243 e. The Balaban J connectivity index is 2.28. The van der Waals surface area contributed by atoms with Crippen LogP contribution in [0.3, 0.4) is 0 Å². The van der Waals surface area contributed by atoms with E-state index in [1.807, 2.05) is 13.8 Å². The Bertz CT molecular complexity index is 675. The normalized spacial score (nSPS) is 11.8. The second-order valence-corrected chi connectivity index (χ2v) is 6.82. The third-order valence-electron chi connectivity index (χ3n) is 2.66. The van der Waals surface area contributed by atoms with E-state index in [0.29, 0.717) is 5.82 Å². The van der Waals surface area contributed by atoms with Crippen LogP contribution in [0.1, 0.15) is 13.8 Å². The number of aromatic nitrogens is 3. The van der Waals surface area contributed by atoms with E-state index < -0.39 is 9.84 Å². The molecule has 0 saturated carbocycles. The number of aromatic amines is 1. The highest BCUT2D eigenvalue weighted by Crippen LogP contribution is 2.20. The smallest absolute Gasteiger partial charge is 0.243 e. The molecule has 0 fully saturated rings. The summed E-state index contributed by atoms with van der Waals surface area (Å²) >= 11 is 0. The van der Waals surface area contributed by atoms with E-state index in [-0.39, 0.29) is 16.8 Å². The topological polar surface area (TPSA) is 84.9 Å². The van der Waals surface area contributed by atoms with E-state index in [1.165, 1.54) is 0 Å². The second-order valence-electron chi connectivity index (χ2n) is 4.87. The Morgan fingerprint density at radius 3 is 2.45 bits per heavy atom. The van der Waals surface area contributed by atoms with E-state index in [4.69, 9.17) is 4.74 Å². The van der Waals surface area contributed by atoms with Crippen LogP contribution in [0.15, 0.2) is 29.4 Å². The van der Waals surface area contributed by atoms with Crippen molar-refractivity contribution in [2.75, 3.05) is 12.9 Å². The Hall–Kier alpha value is -1.89. The molecule has 2 rings (SSSR count). The van der Waals surface area contributed by atoms with E-state index in [0.717, 1.165) is 11.3 Å². The maximum absolute atomic E-state index is 12.0. The summed E-state index contributed by atoms with van der Waals surface area (Å²) in [6, 6.07) is 7.10. The maximum atomic E-state index is 12.0. The molecule has 1 aromatic heterocycles. The molecule has 108 valence electrons. The van der Waals surface area contributed by atoms with Crippen molar-refractivity contribution in [1.29, 1.82) is 0 Å². The molecule has 0 amide bonds. The van der Waals surface area contributed by atoms with Crippen LogP contribution >= 0.6 is 0 Å². The lowest BCUT2D eigenvalue weighted by molar-refractivity contribution is 0.415. The lowest BCUT2D eigenvalue weighted by atomic mass is 10.2. The number of nitrogens with one attached hydrogen (secondary N) is 1. The minimum absolute atomic E-state index is 0.0366. The first kappa shape index (κ1) is 14.5. The first-order valence-electron chi connectivity index (χ1n) is 6.22. The largest absolute Gasteiger partial charge is 0.497 e. The number of sulfone groups is 1. The quantitative estimate of drug-likeness (QED) is 0.910. The zero-order chi connectivity index (χ0) is 14.8. The Kier molecular flexibility index (Phi) is 4.08. The molecule has 0 atom stereocenters. The average Bonchev–Trinajstić information content (AvgIpc) is 2.88. The van der Waals surface area contributed by atoms with Crippen LogP contribution in [0.2, 0.25) is 0 Å². The van der Waals surface area contributed by atoms with Gasteiger partial charge >= 0.3 is 0 Å². The number of rotatable bonds is 5. The number of hydrogen-bond donors (Lipinski definition) is 1. The van der Waals surface area contributed by atoms with Crippen LogP contribution in [0, 0.1) is 5.92 Å². The Labute approximate surface area is 118 Å². The molecule has 1 aromatic carbocycles. The fourth-order valence-electron chi connectivity index (χ4n) is 1.77. The van der Waals surface area contributed by atoms with Gasteiger partial charge in [-0.1, -0.05) is 13.8 Å². The molecule has 0 aliphatic carbocycles. The van der Waals surface area contributed by atoms with Crippen LogP contribution < -0.4 is 4.74 Å². The van der Waals surface area contributed by atoms with Gasteiger partial charge < -0.3 is 4.74 Å². The first-order valence-corrected chi connectivity index (χ1v) is 7.87. The zero-order valence-electron chi connectivity index (χ0n) is 11.6. The minimum Gasteiger partial charge on any atom is -0.497 e. The van der Waals surface area contributed by atoms with Crippen molar-refractivity contribution >= 4 is 9.84 Å². The average molecular weight is 295 g/mol. The van der Waals surface area contributed by atoms with Gasteiger partial charge in [0.25, 0.3) is 0 Å². The van der Waals surface area contributed by atoms with Crippen molar-refractivity contribution in [3.63, 3.8) is 0 Å². The van der Waals surface area contributed by atoms with Crippen molar-refractivity contribution in [1.82, 2.24) is 15.2 Å². The summed E-state index contributed by atoms with van der Waals surface area (Å²) in [7, 11) is -1.83. The predicted octanol–water partition coefficient (Wildman–Crippen LogP) is 1.91. The van der Waals surface area contributed by atoms with E-state index in [9.17, 15) is 8.42 Å². The number of benzene rings is 1. The number of ether oxygens (including phenoxy) is 1. The number of H-pyrrole nitrogens is 1. The van der Waals surface area contributed by atoms with E-state index >= 15 is 0 Å². The summed E-state index contributed by atoms with van der Waals surface area (Å²) in [6.07, 6.45) is 0. The molecule has 1 N–H and O–H groups in total. The van der Waals surface area contributed by atoms with Crippen molar-refractivity contribution in [2.45, 2.75) is 19.0 Å². The highest BCUT2D eigenvalue weighted by Gasteiger charge is 2.21. The second kappa shape index (κ2) is 5.62. The molecule has 0 unspecified atom stereocenters. The van der Waals surface area contributed by atoms with E-state index in [2.05, 4.69) is 15.2 Å². The summed E-state index contributed by atoms with van der Waals surface area (Å²) in [5.74, 6) is 1.16. The van der Waals surface area contributed by atoms with Gasteiger partial charge in [0, 0.05) is 5.56 Å². The summed E-state index contributed by atoms with van der Waals surface area (Å²) < 4.78 is 29.1. The summed E-state index contributed by atoms with van der Waals surface area (Å²) in [6.45, 7) is 3.69. The molecule has 0 aliphatic heterocycles. The first-order chi connectivity index (χ1) is 9.42. The van der Waals surface area contributed by atoms with Crippen LogP contribution in [0.4, 0.5) is 0 Å². The van der Waals surface area contributed by atoms with E-state index in [1.54, 1.807) is 31.4 Å². The summed E-state index contributed by atoms with van der Waals surface area (Å²) in [4.78, 5) is 4.07. The monoisotopic (exact) mass is 295 g/mol. The molecular formula is C13H17N3O3S. The molecule has 0 saturated heterocycles. The molecule has 2 aromatic rings. The third kappa shape index (κ3) is 3.16. The van der Waals surface area contributed by atoms with Crippen LogP contribution in [0.25, 0.3) is 11.4 Å². The third-order valence-corrected chi connectivity index (χ3v) is 4.54. The lowest BCUT2D eigenvalue weighted by Crippen LogP contribution is -2.13. The highest BCUT2D eigenvalue weighted by molar-refractivity contribution is 7.91. The van der Waals surface area contributed by atoms with Crippen molar-refractivity contribution in [3.05, 3.63) is 24.3 Å².